The minimum Gasteiger partial charge on any atom is -0.309 e. The third kappa shape index (κ3) is 3.85. The summed E-state index contributed by atoms with van der Waals surface area (Å²) in [7, 11) is 0. The van der Waals surface area contributed by atoms with Crippen LogP contribution >= 0.6 is 0 Å². The summed E-state index contributed by atoms with van der Waals surface area (Å²) in [6.45, 7) is 4.75. The summed E-state index contributed by atoms with van der Waals surface area (Å²) in [5.41, 5.74) is 16.0. The van der Waals surface area contributed by atoms with Crippen LogP contribution in [0.2, 0.25) is 0 Å². The van der Waals surface area contributed by atoms with Crippen molar-refractivity contribution in [3.05, 3.63) is 187 Å². The molecule has 1 aliphatic carbocycles. The predicted octanol–water partition coefficient (Wildman–Crippen LogP) is 13.3. The monoisotopic (exact) mass is 689 g/mol. The van der Waals surface area contributed by atoms with Gasteiger partial charge >= 0.3 is 0 Å². The van der Waals surface area contributed by atoms with Crippen molar-refractivity contribution in [2.45, 2.75) is 19.3 Å². The lowest BCUT2D eigenvalue weighted by molar-refractivity contribution is 0.661. The number of rotatable bonds is 3. The highest BCUT2D eigenvalue weighted by molar-refractivity contribution is 6.13. The van der Waals surface area contributed by atoms with Crippen LogP contribution in [-0.4, -0.2) is 13.7 Å². The number of hydrogen-bond donors (Lipinski definition) is 0. The summed E-state index contributed by atoms with van der Waals surface area (Å²) >= 11 is 0. The van der Waals surface area contributed by atoms with Crippen molar-refractivity contribution in [1.82, 2.24) is 13.7 Å². The first-order valence-corrected chi connectivity index (χ1v) is 18.9. The maximum absolute atomic E-state index is 2.51. The van der Waals surface area contributed by atoms with Crippen molar-refractivity contribution in [2.75, 3.05) is 0 Å². The van der Waals surface area contributed by atoms with Gasteiger partial charge in [-0.1, -0.05) is 129 Å². The van der Waals surface area contributed by atoms with Crippen LogP contribution < -0.4 is 0 Å². The Kier molecular flexibility index (Phi) is 5.84. The third-order valence-corrected chi connectivity index (χ3v) is 12.2. The molecule has 254 valence electrons. The summed E-state index contributed by atoms with van der Waals surface area (Å²) in [4.78, 5) is 0. The zero-order valence-corrected chi connectivity index (χ0v) is 30.1. The molecule has 3 heterocycles. The summed E-state index contributed by atoms with van der Waals surface area (Å²) < 4.78 is 7.42. The van der Waals surface area contributed by atoms with E-state index in [-0.39, 0.29) is 5.41 Å². The molecule has 0 spiro atoms. The molecule has 1 aliphatic rings. The highest BCUT2D eigenvalue weighted by Gasteiger charge is 2.36. The van der Waals surface area contributed by atoms with Gasteiger partial charge in [-0.15, -0.1) is 0 Å². The number of para-hydroxylation sites is 5. The second-order valence-electron chi connectivity index (χ2n) is 15.4. The molecule has 0 unspecified atom stereocenters. The second-order valence-corrected chi connectivity index (χ2v) is 15.4. The van der Waals surface area contributed by atoms with Crippen LogP contribution in [-0.2, 0) is 5.41 Å². The predicted molar refractivity (Wildman–Crippen MR) is 227 cm³/mol. The lowest BCUT2D eigenvalue weighted by atomic mass is 9.82. The summed E-state index contributed by atoms with van der Waals surface area (Å²) in [6, 6.07) is 65.2. The van der Waals surface area contributed by atoms with Crippen molar-refractivity contribution in [2.24, 2.45) is 0 Å². The van der Waals surface area contributed by atoms with Gasteiger partial charge in [0.2, 0.25) is 0 Å². The molecule has 0 atom stereocenters. The van der Waals surface area contributed by atoms with Crippen LogP contribution in [0.5, 0.6) is 0 Å². The number of benzene rings is 8. The Labute approximate surface area is 312 Å². The van der Waals surface area contributed by atoms with Crippen LogP contribution in [0, 0.1) is 0 Å². The van der Waals surface area contributed by atoms with Gasteiger partial charge in [-0.25, -0.2) is 0 Å². The average molecular weight is 690 g/mol. The van der Waals surface area contributed by atoms with Crippen LogP contribution in [0.25, 0.3) is 93.6 Å². The average Bonchev–Trinajstić information content (AvgIpc) is 3.91. The fourth-order valence-corrected chi connectivity index (χ4v) is 9.81. The minimum atomic E-state index is -0.111. The van der Waals surface area contributed by atoms with Gasteiger partial charge in [0.25, 0.3) is 0 Å². The quantitative estimate of drug-likeness (QED) is 0.175. The molecular weight excluding hydrogens is 655 g/mol. The van der Waals surface area contributed by atoms with Crippen LogP contribution in [0.3, 0.4) is 0 Å². The summed E-state index contributed by atoms with van der Waals surface area (Å²) in [5.74, 6) is 0. The Bertz CT molecular complexity index is 3130. The number of aromatic nitrogens is 3. The highest BCUT2D eigenvalue weighted by Crippen LogP contribution is 2.51. The molecule has 3 nitrogen and oxygen atoms in total. The van der Waals surface area contributed by atoms with E-state index in [0.29, 0.717) is 0 Å². The minimum absolute atomic E-state index is 0.111. The molecule has 12 rings (SSSR count). The van der Waals surface area contributed by atoms with Crippen molar-refractivity contribution in [3.8, 4) is 28.2 Å². The molecule has 54 heavy (non-hydrogen) atoms. The topological polar surface area (TPSA) is 14.8 Å². The maximum atomic E-state index is 2.51. The Hall–Kier alpha value is -6.84. The zero-order chi connectivity index (χ0) is 35.7. The first kappa shape index (κ1) is 29.7. The molecule has 11 aromatic rings. The number of hydrogen-bond acceptors (Lipinski definition) is 0. The molecule has 0 radical (unpaired) electrons. The van der Waals surface area contributed by atoms with E-state index in [1.54, 1.807) is 0 Å². The number of fused-ring (bicyclic) bond motifs is 12. The molecule has 0 saturated carbocycles. The maximum Gasteiger partial charge on any atom is 0.0544 e. The van der Waals surface area contributed by atoms with E-state index >= 15 is 0 Å². The normalized spacial score (nSPS) is 13.5. The smallest absolute Gasteiger partial charge is 0.0544 e. The van der Waals surface area contributed by atoms with Gasteiger partial charge in [0.1, 0.15) is 0 Å². The van der Waals surface area contributed by atoms with Gasteiger partial charge in [0, 0.05) is 37.7 Å². The third-order valence-electron chi connectivity index (χ3n) is 12.2. The van der Waals surface area contributed by atoms with E-state index in [9.17, 15) is 0 Å². The molecule has 3 aromatic heterocycles. The van der Waals surface area contributed by atoms with Crippen molar-refractivity contribution >= 4 is 65.4 Å². The van der Waals surface area contributed by atoms with Gasteiger partial charge in [-0.2, -0.15) is 0 Å². The van der Waals surface area contributed by atoms with E-state index in [0.717, 1.165) is 17.1 Å². The lowest BCUT2D eigenvalue weighted by Gasteiger charge is -2.22. The van der Waals surface area contributed by atoms with Crippen LogP contribution in [0.15, 0.2) is 176 Å². The Morgan fingerprint density at radius 3 is 1.09 bits per heavy atom. The van der Waals surface area contributed by atoms with E-state index in [1.165, 1.54) is 87.7 Å². The van der Waals surface area contributed by atoms with E-state index < -0.39 is 0 Å². The fraction of sp³-hybridized carbons (Fsp3) is 0.0588. The highest BCUT2D eigenvalue weighted by atomic mass is 15.0. The van der Waals surface area contributed by atoms with Gasteiger partial charge in [0.05, 0.1) is 50.2 Å². The molecule has 0 saturated heterocycles. The lowest BCUT2D eigenvalue weighted by Crippen LogP contribution is -2.15. The van der Waals surface area contributed by atoms with E-state index in [1.807, 2.05) is 0 Å². The van der Waals surface area contributed by atoms with Crippen molar-refractivity contribution < 1.29 is 0 Å². The van der Waals surface area contributed by atoms with Gasteiger partial charge in [0.15, 0.2) is 0 Å². The van der Waals surface area contributed by atoms with Crippen molar-refractivity contribution in [1.29, 1.82) is 0 Å². The van der Waals surface area contributed by atoms with Gasteiger partial charge in [-0.05, 0) is 82.9 Å². The molecule has 0 fully saturated rings. The number of nitrogens with zero attached hydrogens (tertiary/aromatic N) is 3. The summed E-state index contributed by atoms with van der Waals surface area (Å²) in [6.07, 6.45) is 0. The second kappa shape index (κ2) is 10.6. The first-order chi connectivity index (χ1) is 26.6. The standard InChI is InChI=1S/C51H35N3/c1-51(2)43-21-9-3-15-35(43)41-30-42-40-20-8-14-26-49(40)54(50(42)31-44(41)51)34-28-32(52-45-22-10-4-16-36(45)37-17-5-11-23-46(37)52)27-33(29-34)53-47-24-12-6-18-38(47)39-19-7-13-25-48(39)53/h3-31H,1-2H3. The molecule has 0 N–H and O–H groups in total. The fourth-order valence-electron chi connectivity index (χ4n) is 9.81. The molecule has 3 heteroatoms. The summed E-state index contributed by atoms with van der Waals surface area (Å²) in [5, 5.41) is 7.56. The zero-order valence-electron chi connectivity index (χ0n) is 30.1. The van der Waals surface area contributed by atoms with Crippen molar-refractivity contribution in [3.63, 3.8) is 0 Å². The molecule has 0 amide bonds. The molecule has 8 aromatic carbocycles. The Morgan fingerprint density at radius 2 is 0.648 bits per heavy atom. The van der Waals surface area contributed by atoms with E-state index in [2.05, 4.69) is 203 Å². The molecule has 0 aliphatic heterocycles. The molecule has 0 bridgehead atoms. The first-order valence-electron chi connectivity index (χ1n) is 18.9. The van der Waals surface area contributed by atoms with Crippen LogP contribution in [0.4, 0.5) is 0 Å². The molecular formula is C51H35N3. The largest absolute Gasteiger partial charge is 0.309 e. The van der Waals surface area contributed by atoms with E-state index in [4.69, 9.17) is 0 Å². The Balaban J connectivity index is 1.23. The Morgan fingerprint density at radius 1 is 0.296 bits per heavy atom. The van der Waals surface area contributed by atoms with Crippen LogP contribution in [0.1, 0.15) is 25.0 Å². The SMILES string of the molecule is CC1(C)c2ccccc2-c2cc3c4ccccc4n(-c4cc(-n5c6ccccc6c6ccccc65)cc(-n5c6ccccc6c6ccccc65)c4)c3cc21. The van der Waals surface area contributed by atoms with Gasteiger partial charge in [-0.3, -0.25) is 0 Å². The van der Waals surface area contributed by atoms with Gasteiger partial charge < -0.3 is 13.7 Å².